The van der Waals surface area contributed by atoms with E-state index >= 15 is 0 Å². The molecule has 1 N–H and O–H groups in total. The highest BCUT2D eigenvalue weighted by Gasteiger charge is 2.34. The van der Waals surface area contributed by atoms with E-state index in [1.807, 2.05) is 13.8 Å². The molecule has 22 heavy (non-hydrogen) atoms. The van der Waals surface area contributed by atoms with Crippen molar-refractivity contribution in [1.29, 1.82) is 0 Å². The number of nitrogens with zero attached hydrogens (tertiary/aromatic N) is 1. The molecule has 1 amide bonds. The van der Waals surface area contributed by atoms with Crippen molar-refractivity contribution < 1.29 is 17.9 Å². The summed E-state index contributed by atoms with van der Waals surface area (Å²) in [5, 5.41) is 2.78. The molecule has 2 atom stereocenters. The number of sulfonamides is 1. The number of carbonyl (C=O) groups excluding carboxylic acids is 1. The molecule has 1 fully saturated rings. The molecule has 1 aromatic rings. The molecule has 0 radical (unpaired) electrons. The molecule has 0 spiro atoms. The van der Waals surface area contributed by atoms with Gasteiger partial charge in [0.2, 0.25) is 15.9 Å². The zero-order chi connectivity index (χ0) is 16.1. The molecular weight excluding hydrogens is 328 g/mol. The summed E-state index contributed by atoms with van der Waals surface area (Å²) in [6, 6.07) is 3.00. The van der Waals surface area contributed by atoms with Gasteiger partial charge in [-0.15, -0.1) is 0 Å². The number of amides is 1. The molecule has 0 saturated carbocycles. The lowest BCUT2D eigenvalue weighted by Crippen LogP contribution is -2.48. The summed E-state index contributed by atoms with van der Waals surface area (Å²) in [7, 11) is -3.72. The Labute approximate surface area is 134 Å². The molecule has 6 nitrogen and oxygen atoms in total. The Morgan fingerprint density at radius 1 is 1.27 bits per heavy atom. The van der Waals surface area contributed by atoms with E-state index in [1.165, 1.54) is 16.4 Å². The SMILES string of the molecule is C[C@@H]1CN(S(=O)(=O)c2cc3c(cc2Cl)NC(=O)C3)C[C@H](C)O1. The van der Waals surface area contributed by atoms with E-state index in [2.05, 4.69) is 5.32 Å². The monoisotopic (exact) mass is 344 g/mol. The van der Waals surface area contributed by atoms with Gasteiger partial charge in [-0.3, -0.25) is 4.79 Å². The maximum absolute atomic E-state index is 12.9. The number of rotatable bonds is 2. The fourth-order valence-electron chi connectivity index (χ4n) is 2.89. The predicted molar refractivity (Wildman–Crippen MR) is 82.6 cm³/mol. The van der Waals surface area contributed by atoms with Gasteiger partial charge in [-0.05, 0) is 31.5 Å². The van der Waals surface area contributed by atoms with Gasteiger partial charge in [-0.1, -0.05) is 11.6 Å². The molecule has 120 valence electrons. The van der Waals surface area contributed by atoms with E-state index in [1.54, 1.807) is 0 Å². The maximum atomic E-state index is 12.9. The lowest BCUT2D eigenvalue weighted by atomic mass is 10.2. The first-order valence-corrected chi connectivity index (χ1v) is 8.87. The molecule has 0 aliphatic carbocycles. The van der Waals surface area contributed by atoms with Gasteiger partial charge in [0.15, 0.2) is 0 Å². The van der Waals surface area contributed by atoms with Crippen molar-refractivity contribution >= 4 is 33.2 Å². The van der Waals surface area contributed by atoms with Crippen molar-refractivity contribution in [3.63, 3.8) is 0 Å². The van der Waals surface area contributed by atoms with Crippen molar-refractivity contribution in [3.05, 3.63) is 22.7 Å². The number of halogens is 1. The van der Waals surface area contributed by atoms with E-state index in [-0.39, 0.29) is 47.5 Å². The molecule has 1 saturated heterocycles. The zero-order valence-corrected chi connectivity index (χ0v) is 13.9. The summed E-state index contributed by atoms with van der Waals surface area (Å²) in [5.74, 6) is -0.158. The average Bonchev–Trinajstić information content (AvgIpc) is 2.75. The highest BCUT2D eigenvalue weighted by Crippen LogP contribution is 2.34. The van der Waals surface area contributed by atoms with Crippen LogP contribution in [0.4, 0.5) is 5.69 Å². The van der Waals surface area contributed by atoms with Crippen LogP contribution in [0.1, 0.15) is 19.4 Å². The summed E-state index contributed by atoms with van der Waals surface area (Å²) in [6.07, 6.45) is -0.171. The van der Waals surface area contributed by atoms with Gasteiger partial charge in [0.05, 0.1) is 23.7 Å². The van der Waals surface area contributed by atoms with E-state index in [4.69, 9.17) is 16.3 Å². The van der Waals surface area contributed by atoms with Crippen LogP contribution >= 0.6 is 11.6 Å². The quantitative estimate of drug-likeness (QED) is 0.884. The molecule has 2 aliphatic rings. The number of morpholine rings is 1. The van der Waals surface area contributed by atoms with Gasteiger partial charge < -0.3 is 10.1 Å². The third-order valence-electron chi connectivity index (χ3n) is 3.79. The number of fused-ring (bicyclic) bond motifs is 1. The maximum Gasteiger partial charge on any atom is 0.244 e. The van der Waals surface area contributed by atoms with Crippen LogP contribution in [0, 0.1) is 0 Å². The topological polar surface area (TPSA) is 75.7 Å². The second-order valence-electron chi connectivity index (χ2n) is 5.74. The van der Waals surface area contributed by atoms with Crippen molar-refractivity contribution in [1.82, 2.24) is 4.31 Å². The smallest absolute Gasteiger partial charge is 0.244 e. The van der Waals surface area contributed by atoms with E-state index in [9.17, 15) is 13.2 Å². The fourth-order valence-corrected chi connectivity index (χ4v) is 5.03. The molecule has 1 aromatic carbocycles. The average molecular weight is 345 g/mol. The molecule has 0 unspecified atom stereocenters. The normalized spacial score (nSPS) is 25.9. The van der Waals surface area contributed by atoms with E-state index < -0.39 is 10.0 Å². The van der Waals surface area contributed by atoms with Gasteiger partial charge in [-0.25, -0.2) is 8.42 Å². The van der Waals surface area contributed by atoms with Crippen molar-refractivity contribution in [3.8, 4) is 0 Å². The minimum Gasteiger partial charge on any atom is -0.373 e. The minimum atomic E-state index is -3.72. The van der Waals surface area contributed by atoms with Crippen LogP contribution in [-0.2, 0) is 26.0 Å². The van der Waals surface area contributed by atoms with E-state index in [0.717, 1.165) is 0 Å². The van der Waals surface area contributed by atoms with Crippen LogP contribution < -0.4 is 5.32 Å². The lowest BCUT2D eigenvalue weighted by molar-refractivity contribution is -0.115. The van der Waals surface area contributed by atoms with Gasteiger partial charge in [0.1, 0.15) is 4.90 Å². The highest BCUT2D eigenvalue weighted by molar-refractivity contribution is 7.89. The zero-order valence-electron chi connectivity index (χ0n) is 12.3. The molecular formula is C14H17ClN2O4S. The van der Waals surface area contributed by atoms with Crippen LogP contribution in [-0.4, -0.2) is 43.9 Å². The number of anilines is 1. The van der Waals surface area contributed by atoms with Gasteiger partial charge in [-0.2, -0.15) is 4.31 Å². The summed E-state index contributed by atoms with van der Waals surface area (Å²) >= 11 is 6.14. The van der Waals surface area contributed by atoms with Crippen molar-refractivity contribution in [2.24, 2.45) is 0 Å². The second-order valence-corrected chi connectivity index (χ2v) is 8.06. The van der Waals surface area contributed by atoms with Gasteiger partial charge in [0, 0.05) is 18.8 Å². The number of hydrogen-bond donors (Lipinski definition) is 1. The van der Waals surface area contributed by atoms with Gasteiger partial charge in [0.25, 0.3) is 0 Å². The first-order valence-electron chi connectivity index (χ1n) is 7.05. The molecule has 2 aliphatic heterocycles. The predicted octanol–water partition coefficient (Wildman–Crippen LogP) is 1.63. The lowest BCUT2D eigenvalue weighted by Gasteiger charge is -2.34. The van der Waals surface area contributed by atoms with Crippen LogP contribution in [0.2, 0.25) is 5.02 Å². The third-order valence-corrected chi connectivity index (χ3v) is 6.08. The Hall–Kier alpha value is -1.15. The summed E-state index contributed by atoms with van der Waals surface area (Å²) in [6.45, 7) is 4.25. The molecule has 3 rings (SSSR count). The number of ether oxygens (including phenoxy) is 1. The first kappa shape index (κ1) is 15.7. The van der Waals surface area contributed by atoms with Gasteiger partial charge >= 0.3 is 0 Å². The Morgan fingerprint density at radius 2 is 1.91 bits per heavy atom. The molecule has 2 heterocycles. The number of benzene rings is 1. The molecule has 0 aromatic heterocycles. The number of hydrogen-bond acceptors (Lipinski definition) is 4. The van der Waals surface area contributed by atoms with Crippen LogP contribution in [0.25, 0.3) is 0 Å². The summed E-state index contributed by atoms with van der Waals surface area (Å²) in [4.78, 5) is 11.5. The standard InChI is InChI=1S/C14H17ClN2O4S/c1-8-6-17(7-9(2)21-8)22(19,20)13-3-10-4-14(18)16-12(10)5-11(13)15/h3,5,8-9H,4,6-7H2,1-2H3,(H,16,18)/t8-,9+. The van der Waals surface area contributed by atoms with Crippen LogP contribution in [0.3, 0.4) is 0 Å². The fraction of sp³-hybridized carbons (Fsp3) is 0.500. The first-order chi connectivity index (χ1) is 10.3. The number of carbonyl (C=O) groups is 1. The Morgan fingerprint density at radius 3 is 2.55 bits per heavy atom. The minimum absolute atomic E-state index is 0.0470. The highest BCUT2D eigenvalue weighted by atomic mass is 35.5. The molecule has 0 bridgehead atoms. The third kappa shape index (κ3) is 2.74. The van der Waals surface area contributed by atoms with Crippen LogP contribution in [0.15, 0.2) is 17.0 Å². The second kappa shape index (κ2) is 5.49. The largest absolute Gasteiger partial charge is 0.373 e. The summed E-state index contributed by atoms with van der Waals surface area (Å²) in [5.41, 5.74) is 1.24. The Kier molecular flexibility index (Phi) is 3.92. The van der Waals surface area contributed by atoms with Crippen LogP contribution in [0.5, 0.6) is 0 Å². The van der Waals surface area contributed by atoms with E-state index in [0.29, 0.717) is 11.3 Å². The Balaban J connectivity index is 1.99. The molecule has 8 heteroatoms. The number of nitrogens with one attached hydrogen (secondary N) is 1. The van der Waals surface area contributed by atoms with Crippen molar-refractivity contribution in [2.45, 2.75) is 37.4 Å². The summed E-state index contributed by atoms with van der Waals surface area (Å²) < 4.78 is 32.7. The van der Waals surface area contributed by atoms with Crippen molar-refractivity contribution in [2.75, 3.05) is 18.4 Å². The Bertz CT molecular complexity index is 725.